The molecule has 5 heteroatoms. The molecule has 66 heavy (non-hydrogen) atoms. The molecule has 0 aliphatic carbocycles. The van der Waals surface area contributed by atoms with Crippen molar-refractivity contribution in [2.24, 2.45) is 0 Å². The molecule has 0 unspecified atom stereocenters. The van der Waals surface area contributed by atoms with Crippen LogP contribution >= 0.6 is 0 Å². The van der Waals surface area contributed by atoms with Crippen LogP contribution in [-0.4, -0.2) is 24.9 Å². The maximum absolute atomic E-state index is 5.03. The second kappa shape index (κ2) is 18.0. The zero-order valence-corrected chi connectivity index (χ0v) is 35.9. The van der Waals surface area contributed by atoms with Crippen LogP contribution in [0.25, 0.3) is 113 Å². The van der Waals surface area contributed by atoms with E-state index in [9.17, 15) is 0 Å². The Kier molecular flexibility index (Phi) is 10.9. The summed E-state index contributed by atoms with van der Waals surface area (Å²) in [5, 5.41) is 0. The summed E-state index contributed by atoms with van der Waals surface area (Å²) in [6.45, 7) is 0. The second-order valence-corrected chi connectivity index (χ2v) is 16.1. The molecule has 2 aromatic heterocycles. The third-order valence-corrected chi connectivity index (χ3v) is 11.8. The highest BCUT2D eigenvalue weighted by Crippen LogP contribution is 2.34. The largest absolute Gasteiger partial charge is 0.228 e. The second-order valence-electron chi connectivity index (χ2n) is 16.1. The van der Waals surface area contributed by atoms with E-state index in [2.05, 4.69) is 152 Å². The molecule has 0 aliphatic rings. The average molecular weight is 844 g/mol. The van der Waals surface area contributed by atoms with Gasteiger partial charge in [0, 0.05) is 33.4 Å². The van der Waals surface area contributed by atoms with Gasteiger partial charge in [-0.2, -0.15) is 0 Å². The van der Waals surface area contributed by atoms with Gasteiger partial charge in [-0.25, -0.2) is 24.9 Å². The molecule has 0 atom stereocenters. The van der Waals surface area contributed by atoms with Crippen LogP contribution in [0.1, 0.15) is 0 Å². The van der Waals surface area contributed by atoms with E-state index in [4.69, 9.17) is 24.9 Å². The van der Waals surface area contributed by atoms with Crippen LogP contribution in [0.15, 0.2) is 249 Å². The molecular formula is C61H41N5. The van der Waals surface area contributed by atoms with Crippen molar-refractivity contribution in [3.63, 3.8) is 0 Å². The van der Waals surface area contributed by atoms with Gasteiger partial charge in [0.15, 0.2) is 23.3 Å². The summed E-state index contributed by atoms with van der Waals surface area (Å²) in [5.74, 6) is 2.64. The molecule has 310 valence electrons. The van der Waals surface area contributed by atoms with Gasteiger partial charge in [0.25, 0.3) is 0 Å². The van der Waals surface area contributed by atoms with E-state index >= 15 is 0 Å². The minimum atomic E-state index is 0.637. The standard InChI is InChI=1S/C61H41N5/c1-5-16-44(17-6-1)56-41-57(63-58(62-56)46-18-7-2-8-19-46)45-34-30-42(31-35-45)50-24-13-26-52(38-50)54-28-15-29-55(40-54)53-27-14-25-51(39-53)43-32-36-49(37-33-43)61-65-59(47-20-9-3-10-21-47)64-60(66-61)48-22-11-4-12-23-48/h1-41H. The first-order valence-corrected chi connectivity index (χ1v) is 22.1. The van der Waals surface area contributed by atoms with Crippen molar-refractivity contribution < 1.29 is 0 Å². The number of hydrogen-bond acceptors (Lipinski definition) is 5. The van der Waals surface area contributed by atoms with Crippen LogP contribution in [0.5, 0.6) is 0 Å². The van der Waals surface area contributed by atoms with E-state index in [1.54, 1.807) is 0 Å². The van der Waals surface area contributed by atoms with Gasteiger partial charge in [-0.05, 0) is 68.8 Å². The van der Waals surface area contributed by atoms with E-state index in [1.807, 2.05) is 97.1 Å². The molecule has 0 amide bonds. The lowest BCUT2D eigenvalue weighted by Crippen LogP contribution is -2.00. The van der Waals surface area contributed by atoms with Crippen molar-refractivity contribution in [1.82, 2.24) is 24.9 Å². The Morgan fingerprint density at radius 3 is 0.727 bits per heavy atom. The summed E-state index contributed by atoms with van der Waals surface area (Å²) in [6, 6.07) is 86.2. The fraction of sp³-hybridized carbons (Fsp3) is 0. The van der Waals surface area contributed by atoms with E-state index in [0.717, 1.165) is 89.3 Å². The number of hydrogen-bond donors (Lipinski definition) is 0. The summed E-state index contributed by atoms with van der Waals surface area (Å²) >= 11 is 0. The van der Waals surface area contributed by atoms with Gasteiger partial charge >= 0.3 is 0 Å². The predicted octanol–water partition coefficient (Wildman–Crippen LogP) is 15.3. The third kappa shape index (κ3) is 8.57. The smallest absolute Gasteiger partial charge is 0.164 e. The van der Waals surface area contributed by atoms with Crippen LogP contribution in [0.2, 0.25) is 0 Å². The van der Waals surface area contributed by atoms with Crippen molar-refractivity contribution in [2.45, 2.75) is 0 Å². The van der Waals surface area contributed by atoms with Crippen LogP contribution in [0, 0.1) is 0 Å². The zero-order valence-electron chi connectivity index (χ0n) is 35.9. The van der Waals surface area contributed by atoms with Crippen LogP contribution in [-0.2, 0) is 0 Å². The summed E-state index contributed by atoms with van der Waals surface area (Å²) in [7, 11) is 0. The fourth-order valence-corrected chi connectivity index (χ4v) is 8.29. The fourth-order valence-electron chi connectivity index (χ4n) is 8.29. The SMILES string of the molecule is c1ccc(-c2cc(-c3ccc(-c4cccc(-c5cccc(-c6cccc(-c7ccc(-c8nc(-c9ccccc9)nc(-c9ccccc9)n8)cc7)c6)c5)c4)cc3)nc(-c3ccccc3)n2)cc1. The Morgan fingerprint density at radius 2 is 0.379 bits per heavy atom. The molecule has 0 N–H and O–H groups in total. The highest BCUT2D eigenvalue weighted by molar-refractivity contribution is 5.81. The van der Waals surface area contributed by atoms with Gasteiger partial charge in [-0.1, -0.05) is 224 Å². The summed E-state index contributed by atoms with van der Waals surface area (Å²) < 4.78 is 0. The topological polar surface area (TPSA) is 64.5 Å². The highest BCUT2D eigenvalue weighted by Gasteiger charge is 2.14. The quantitative estimate of drug-likeness (QED) is 0.137. The van der Waals surface area contributed by atoms with E-state index in [0.29, 0.717) is 23.3 Å². The van der Waals surface area contributed by atoms with Crippen LogP contribution in [0.3, 0.4) is 0 Å². The summed E-state index contributed by atoms with van der Waals surface area (Å²) in [4.78, 5) is 24.7. The van der Waals surface area contributed by atoms with Gasteiger partial charge < -0.3 is 0 Å². The summed E-state index contributed by atoms with van der Waals surface area (Å²) in [6.07, 6.45) is 0. The number of rotatable bonds is 10. The van der Waals surface area contributed by atoms with Gasteiger partial charge in [-0.15, -0.1) is 0 Å². The first-order chi connectivity index (χ1) is 32.7. The van der Waals surface area contributed by atoms with Crippen LogP contribution in [0.4, 0.5) is 0 Å². The average Bonchev–Trinajstić information content (AvgIpc) is 3.42. The minimum Gasteiger partial charge on any atom is -0.228 e. The van der Waals surface area contributed by atoms with E-state index in [1.165, 1.54) is 0 Å². The Labute approximate surface area is 384 Å². The minimum absolute atomic E-state index is 0.637. The monoisotopic (exact) mass is 843 g/mol. The molecular weight excluding hydrogens is 803 g/mol. The van der Waals surface area contributed by atoms with E-state index in [-0.39, 0.29) is 0 Å². The molecule has 0 fully saturated rings. The third-order valence-electron chi connectivity index (χ3n) is 11.8. The molecule has 0 saturated carbocycles. The van der Waals surface area contributed by atoms with Gasteiger partial charge in [-0.3, -0.25) is 0 Å². The Balaban J connectivity index is 0.845. The molecule has 0 saturated heterocycles. The van der Waals surface area contributed by atoms with Gasteiger partial charge in [0.1, 0.15) is 0 Å². The Bertz CT molecular complexity index is 3090. The molecule has 0 spiro atoms. The van der Waals surface area contributed by atoms with Crippen molar-refractivity contribution in [2.75, 3.05) is 0 Å². The summed E-state index contributed by atoms with van der Waals surface area (Å²) in [5.41, 5.74) is 16.8. The molecule has 0 radical (unpaired) electrons. The van der Waals surface area contributed by atoms with Crippen molar-refractivity contribution in [3.8, 4) is 113 Å². The van der Waals surface area contributed by atoms with Crippen molar-refractivity contribution in [1.29, 1.82) is 0 Å². The molecule has 0 bridgehead atoms. The van der Waals surface area contributed by atoms with Crippen LogP contribution < -0.4 is 0 Å². The van der Waals surface area contributed by atoms with Crippen molar-refractivity contribution in [3.05, 3.63) is 249 Å². The normalized spacial score (nSPS) is 11.0. The Hall–Kier alpha value is -8.93. The van der Waals surface area contributed by atoms with E-state index < -0.39 is 0 Å². The molecule has 2 heterocycles. The lowest BCUT2D eigenvalue weighted by molar-refractivity contribution is 1.07. The molecule has 11 aromatic rings. The number of nitrogens with zero attached hydrogens (tertiary/aromatic N) is 5. The Morgan fingerprint density at radius 1 is 0.152 bits per heavy atom. The van der Waals surface area contributed by atoms with Gasteiger partial charge in [0.05, 0.1) is 11.4 Å². The highest BCUT2D eigenvalue weighted by atomic mass is 15.0. The molecule has 5 nitrogen and oxygen atoms in total. The lowest BCUT2D eigenvalue weighted by atomic mass is 9.94. The number of benzene rings is 9. The number of aromatic nitrogens is 5. The maximum atomic E-state index is 5.03. The lowest BCUT2D eigenvalue weighted by Gasteiger charge is -2.11. The van der Waals surface area contributed by atoms with Gasteiger partial charge in [0.2, 0.25) is 0 Å². The predicted molar refractivity (Wildman–Crippen MR) is 270 cm³/mol. The maximum Gasteiger partial charge on any atom is 0.164 e. The molecule has 9 aromatic carbocycles. The first kappa shape index (κ1) is 39.9. The molecule has 11 rings (SSSR count). The zero-order chi connectivity index (χ0) is 44.1. The van der Waals surface area contributed by atoms with Crippen molar-refractivity contribution >= 4 is 0 Å². The first-order valence-electron chi connectivity index (χ1n) is 22.1. The molecule has 0 aliphatic heterocycles.